The molecule has 29 heavy (non-hydrogen) atoms. The molecule has 0 saturated carbocycles. The van der Waals surface area contributed by atoms with Gasteiger partial charge in [-0.1, -0.05) is 60.7 Å². The highest BCUT2D eigenvalue weighted by molar-refractivity contribution is 5.79. The van der Waals surface area contributed by atoms with E-state index in [4.69, 9.17) is 4.74 Å². The van der Waals surface area contributed by atoms with Gasteiger partial charge in [-0.05, 0) is 65.6 Å². The van der Waals surface area contributed by atoms with Crippen LogP contribution in [0.1, 0.15) is 46.7 Å². The summed E-state index contributed by atoms with van der Waals surface area (Å²) in [4.78, 5) is 12.9. The summed E-state index contributed by atoms with van der Waals surface area (Å²) in [7, 11) is 1.66. The van der Waals surface area contributed by atoms with Gasteiger partial charge in [0.05, 0.1) is 19.6 Å². The minimum absolute atomic E-state index is 0.0328. The molecule has 0 saturated heterocycles. The maximum absolute atomic E-state index is 12.9. The van der Waals surface area contributed by atoms with Gasteiger partial charge in [0.25, 0.3) is 0 Å². The standard InChI is InChI=1S/C26H27NO2/c1-29-24-15-13-22(14-16-24)26(21-8-3-2-4-9-21)27-25(28)18-19-11-12-20-7-5-6-10-23(20)17-19/h2-4,8-9,11-17,26H,5-7,10,18H2,1H3,(H,27,28)/t26-/m1/s1. The minimum atomic E-state index is -0.188. The fraction of sp³-hybridized carbons (Fsp3) is 0.269. The smallest absolute Gasteiger partial charge is 0.225 e. The SMILES string of the molecule is COc1ccc([C@H](NC(=O)Cc2ccc3c(c2)CCCC3)c2ccccc2)cc1. The van der Waals surface area contributed by atoms with E-state index in [1.807, 2.05) is 54.6 Å². The Morgan fingerprint density at radius 1 is 0.897 bits per heavy atom. The van der Waals surface area contributed by atoms with Crippen molar-refractivity contribution in [2.45, 2.75) is 38.1 Å². The fourth-order valence-corrected chi connectivity index (χ4v) is 4.10. The van der Waals surface area contributed by atoms with Crippen molar-refractivity contribution in [3.63, 3.8) is 0 Å². The predicted octanol–water partition coefficient (Wildman–Crippen LogP) is 5.02. The summed E-state index contributed by atoms with van der Waals surface area (Å²) in [6.07, 6.45) is 5.20. The molecule has 3 aromatic carbocycles. The van der Waals surface area contributed by atoms with Crippen LogP contribution in [0, 0.1) is 0 Å². The van der Waals surface area contributed by atoms with E-state index >= 15 is 0 Å². The number of benzene rings is 3. The van der Waals surface area contributed by atoms with Crippen LogP contribution < -0.4 is 10.1 Å². The summed E-state index contributed by atoms with van der Waals surface area (Å²) in [6, 6.07) is 24.3. The summed E-state index contributed by atoms with van der Waals surface area (Å²) in [5.74, 6) is 0.839. The third-order valence-corrected chi connectivity index (χ3v) is 5.66. The first-order valence-corrected chi connectivity index (χ1v) is 10.3. The average Bonchev–Trinajstić information content (AvgIpc) is 2.78. The first-order chi connectivity index (χ1) is 14.2. The van der Waals surface area contributed by atoms with Crippen LogP contribution in [-0.4, -0.2) is 13.0 Å². The second-order valence-corrected chi connectivity index (χ2v) is 7.67. The van der Waals surface area contributed by atoms with E-state index in [1.165, 1.54) is 24.0 Å². The van der Waals surface area contributed by atoms with Crippen molar-refractivity contribution < 1.29 is 9.53 Å². The summed E-state index contributed by atoms with van der Waals surface area (Å²) < 4.78 is 5.27. The second kappa shape index (κ2) is 8.95. The zero-order chi connectivity index (χ0) is 20.1. The molecule has 0 heterocycles. The lowest BCUT2D eigenvalue weighted by Gasteiger charge is -2.21. The van der Waals surface area contributed by atoms with Crippen molar-refractivity contribution in [3.05, 3.63) is 101 Å². The molecule has 0 aliphatic heterocycles. The van der Waals surface area contributed by atoms with Gasteiger partial charge in [0.15, 0.2) is 0 Å². The monoisotopic (exact) mass is 385 g/mol. The summed E-state index contributed by atoms with van der Waals surface area (Å²) in [6.45, 7) is 0. The number of nitrogens with one attached hydrogen (secondary N) is 1. The highest BCUT2D eigenvalue weighted by Crippen LogP contribution is 2.25. The highest BCUT2D eigenvalue weighted by Gasteiger charge is 2.18. The normalized spacial score (nSPS) is 14.0. The maximum Gasteiger partial charge on any atom is 0.225 e. The molecule has 1 amide bonds. The second-order valence-electron chi connectivity index (χ2n) is 7.67. The van der Waals surface area contributed by atoms with Crippen molar-refractivity contribution in [3.8, 4) is 5.75 Å². The van der Waals surface area contributed by atoms with Crippen LogP contribution in [0.2, 0.25) is 0 Å². The number of carbonyl (C=O) groups excluding carboxylic acids is 1. The van der Waals surface area contributed by atoms with Crippen LogP contribution in [0.5, 0.6) is 5.75 Å². The van der Waals surface area contributed by atoms with Crippen molar-refractivity contribution in [1.82, 2.24) is 5.32 Å². The highest BCUT2D eigenvalue weighted by atomic mass is 16.5. The summed E-state index contributed by atoms with van der Waals surface area (Å²) in [5, 5.41) is 3.24. The molecule has 0 bridgehead atoms. The number of aryl methyl sites for hydroxylation is 2. The zero-order valence-corrected chi connectivity index (χ0v) is 16.9. The molecule has 1 aliphatic rings. The van der Waals surface area contributed by atoms with Crippen molar-refractivity contribution >= 4 is 5.91 Å². The predicted molar refractivity (Wildman–Crippen MR) is 116 cm³/mol. The van der Waals surface area contributed by atoms with Crippen LogP contribution in [0.4, 0.5) is 0 Å². The van der Waals surface area contributed by atoms with Gasteiger partial charge >= 0.3 is 0 Å². The molecule has 0 aromatic heterocycles. The molecule has 3 aromatic rings. The Labute approximate surface area is 172 Å². The number of amides is 1. The van der Waals surface area contributed by atoms with Crippen molar-refractivity contribution in [2.24, 2.45) is 0 Å². The van der Waals surface area contributed by atoms with Crippen LogP contribution in [0.15, 0.2) is 72.8 Å². The van der Waals surface area contributed by atoms with E-state index in [-0.39, 0.29) is 11.9 Å². The Bertz CT molecular complexity index is 964. The van der Waals surface area contributed by atoms with Crippen LogP contribution in [-0.2, 0) is 24.1 Å². The quantitative estimate of drug-likeness (QED) is 0.647. The van der Waals surface area contributed by atoms with Crippen LogP contribution in [0.25, 0.3) is 0 Å². The van der Waals surface area contributed by atoms with Crippen LogP contribution in [0.3, 0.4) is 0 Å². The third kappa shape index (κ3) is 4.68. The van der Waals surface area contributed by atoms with Crippen LogP contribution >= 0.6 is 0 Å². The Hall–Kier alpha value is -3.07. The zero-order valence-electron chi connectivity index (χ0n) is 16.9. The van der Waals surface area contributed by atoms with E-state index < -0.39 is 0 Å². The first kappa shape index (κ1) is 19.3. The number of carbonyl (C=O) groups is 1. The fourth-order valence-electron chi connectivity index (χ4n) is 4.10. The van der Waals surface area contributed by atoms with E-state index in [1.54, 1.807) is 7.11 Å². The lowest BCUT2D eigenvalue weighted by atomic mass is 9.90. The molecule has 0 unspecified atom stereocenters. The molecule has 0 spiro atoms. The van der Waals surface area contributed by atoms with E-state index in [0.717, 1.165) is 35.3 Å². The van der Waals surface area contributed by atoms with Gasteiger partial charge in [0.2, 0.25) is 5.91 Å². The molecule has 3 nitrogen and oxygen atoms in total. The van der Waals surface area contributed by atoms with Crippen molar-refractivity contribution in [2.75, 3.05) is 7.11 Å². The Morgan fingerprint density at radius 2 is 1.59 bits per heavy atom. The number of hydrogen-bond acceptors (Lipinski definition) is 2. The minimum Gasteiger partial charge on any atom is -0.497 e. The molecule has 3 heteroatoms. The number of methoxy groups -OCH3 is 1. The average molecular weight is 386 g/mol. The molecular weight excluding hydrogens is 358 g/mol. The molecular formula is C26H27NO2. The lowest BCUT2D eigenvalue weighted by molar-refractivity contribution is -0.120. The molecule has 1 atom stereocenters. The lowest BCUT2D eigenvalue weighted by Crippen LogP contribution is -2.30. The van der Waals surface area contributed by atoms with Gasteiger partial charge in [-0.25, -0.2) is 0 Å². The van der Waals surface area contributed by atoms with Gasteiger partial charge in [-0.2, -0.15) is 0 Å². The number of ether oxygens (including phenoxy) is 1. The molecule has 4 rings (SSSR count). The van der Waals surface area contributed by atoms with Crippen molar-refractivity contribution in [1.29, 1.82) is 0 Å². The largest absolute Gasteiger partial charge is 0.497 e. The number of hydrogen-bond donors (Lipinski definition) is 1. The molecule has 0 fully saturated rings. The van der Waals surface area contributed by atoms with E-state index in [2.05, 4.69) is 23.5 Å². The Balaban J connectivity index is 1.53. The van der Waals surface area contributed by atoms with Gasteiger partial charge in [-0.3, -0.25) is 4.79 Å². The maximum atomic E-state index is 12.9. The number of fused-ring (bicyclic) bond motifs is 1. The van der Waals surface area contributed by atoms with Gasteiger partial charge < -0.3 is 10.1 Å². The molecule has 148 valence electrons. The number of rotatable bonds is 6. The topological polar surface area (TPSA) is 38.3 Å². The third-order valence-electron chi connectivity index (χ3n) is 5.66. The van der Waals surface area contributed by atoms with E-state index in [9.17, 15) is 4.79 Å². The Kier molecular flexibility index (Phi) is 5.95. The summed E-state index contributed by atoms with van der Waals surface area (Å²) in [5.41, 5.74) is 6.05. The van der Waals surface area contributed by atoms with E-state index in [0.29, 0.717) is 6.42 Å². The molecule has 0 radical (unpaired) electrons. The van der Waals surface area contributed by atoms with Gasteiger partial charge in [0, 0.05) is 0 Å². The molecule has 1 N–H and O–H groups in total. The van der Waals surface area contributed by atoms with Gasteiger partial charge in [-0.15, -0.1) is 0 Å². The Morgan fingerprint density at radius 3 is 2.31 bits per heavy atom. The summed E-state index contributed by atoms with van der Waals surface area (Å²) >= 11 is 0. The first-order valence-electron chi connectivity index (χ1n) is 10.3. The van der Waals surface area contributed by atoms with Gasteiger partial charge in [0.1, 0.15) is 5.75 Å². The molecule has 1 aliphatic carbocycles.